The van der Waals surface area contributed by atoms with Crippen molar-refractivity contribution in [1.82, 2.24) is 9.38 Å². The zero-order chi connectivity index (χ0) is 23.7. The van der Waals surface area contributed by atoms with Crippen LogP contribution in [0.1, 0.15) is 22.3 Å². The Labute approximate surface area is 195 Å². The third-order valence-corrected chi connectivity index (χ3v) is 5.61. The first kappa shape index (κ1) is 21.4. The zero-order valence-corrected chi connectivity index (χ0v) is 18.2. The summed E-state index contributed by atoms with van der Waals surface area (Å²) in [5, 5.41) is 10.1. The van der Waals surface area contributed by atoms with E-state index in [0.717, 1.165) is 27.9 Å². The highest BCUT2D eigenvalue weighted by Crippen LogP contribution is 2.32. The van der Waals surface area contributed by atoms with Gasteiger partial charge in [0.2, 0.25) is 0 Å². The van der Waals surface area contributed by atoms with E-state index in [2.05, 4.69) is 16.9 Å². The fourth-order valence-electron chi connectivity index (χ4n) is 4.11. The van der Waals surface area contributed by atoms with Crippen molar-refractivity contribution in [3.8, 4) is 23.1 Å². The van der Waals surface area contributed by atoms with Gasteiger partial charge in [-0.1, -0.05) is 66.2 Å². The molecule has 5 aromatic rings. The number of rotatable bonds is 5. The molecule has 2 aromatic heterocycles. The highest BCUT2D eigenvalue weighted by Gasteiger charge is 2.17. The second-order valence-corrected chi connectivity index (χ2v) is 7.85. The highest BCUT2D eigenvalue weighted by atomic mass is 19.3. The molecule has 0 aliphatic carbocycles. The average molecular weight is 451 g/mol. The Morgan fingerprint density at radius 3 is 2.50 bits per heavy atom. The largest absolute Gasteiger partial charge is 0.434 e. The van der Waals surface area contributed by atoms with Gasteiger partial charge in [0.25, 0.3) is 0 Å². The quantitative estimate of drug-likeness (QED) is 0.286. The third-order valence-electron chi connectivity index (χ3n) is 5.61. The Hall–Kier alpha value is -4.50. The van der Waals surface area contributed by atoms with Crippen LogP contribution in [0.25, 0.3) is 40.1 Å². The van der Waals surface area contributed by atoms with Crippen LogP contribution in [0.15, 0.2) is 78.9 Å². The lowest BCUT2D eigenvalue weighted by atomic mass is 10.0. The predicted molar refractivity (Wildman–Crippen MR) is 130 cm³/mol. The van der Waals surface area contributed by atoms with Gasteiger partial charge in [0, 0.05) is 5.56 Å². The summed E-state index contributed by atoms with van der Waals surface area (Å²) < 4.78 is 32.3. The van der Waals surface area contributed by atoms with Crippen LogP contribution in [0.5, 0.6) is 5.75 Å². The van der Waals surface area contributed by atoms with Crippen LogP contribution in [0.2, 0.25) is 0 Å². The Bertz CT molecular complexity index is 1600. The maximum absolute atomic E-state index is 12.8. The number of hydrogen-bond donors (Lipinski definition) is 0. The van der Waals surface area contributed by atoms with Crippen LogP contribution in [0, 0.1) is 18.3 Å². The molecule has 6 heteroatoms. The number of ether oxygens (including phenoxy) is 1. The summed E-state index contributed by atoms with van der Waals surface area (Å²) in [6.45, 7) is -0.900. The number of imidazole rings is 1. The van der Waals surface area contributed by atoms with Gasteiger partial charge in [0.1, 0.15) is 17.4 Å². The van der Waals surface area contributed by atoms with Gasteiger partial charge < -0.3 is 4.74 Å². The highest BCUT2D eigenvalue weighted by molar-refractivity contribution is 5.89. The average Bonchev–Trinajstić information content (AvgIpc) is 3.22. The Balaban J connectivity index is 1.76. The smallest absolute Gasteiger partial charge is 0.387 e. The maximum Gasteiger partial charge on any atom is 0.387 e. The molecular weight excluding hydrogens is 432 g/mol. The summed E-state index contributed by atoms with van der Waals surface area (Å²) in [5.74, 6) is 0.0683. The molecule has 4 nitrogen and oxygen atoms in total. The Kier molecular flexibility index (Phi) is 5.52. The van der Waals surface area contributed by atoms with E-state index in [0.29, 0.717) is 22.3 Å². The van der Waals surface area contributed by atoms with E-state index in [1.54, 1.807) is 30.4 Å². The number of aromatic nitrogens is 2. The lowest BCUT2D eigenvalue weighted by Gasteiger charge is -2.12. The molecule has 0 amide bonds. The zero-order valence-electron chi connectivity index (χ0n) is 18.2. The van der Waals surface area contributed by atoms with Gasteiger partial charge in [-0.05, 0) is 48.4 Å². The number of fused-ring (bicyclic) bond motifs is 3. The standard InChI is InChI=1S/C28H19F2N3O/c1-18-7-6-9-21(15-18)25-16-20(14-13-19-8-2-5-12-26(19)34-28(29)30)22(17-31)27-32-23-10-3-4-11-24(23)33(25)27/h2-16,28H,1H3. The molecule has 0 saturated heterocycles. The minimum atomic E-state index is -2.93. The number of benzene rings is 3. The monoisotopic (exact) mass is 451 g/mol. The summed E-state index contributed by atoms with van der Waals surface area (Å²) in [6, 6.07) is 26.6. The number of pyridine rings is 1. The number of para-hydroxylation sites is 3. The first-order valence-corrected chi connectivity index (χ1v) is 10.7. The summed E-state index contributed by atoms with van der Waals surface area (Å²) >= 11 is 0. The van der Waals surface area contributed by atoms with Gasteiger partial charge in [-0.3, -0.25) is 4.40 Å². The molecule has 0 spiro atoms. The molecule has 0 radical (unpaired) electrons. The number of hydrogen-bond acceptors (Lipinski definition) is 3. The van der Waals surface area contributed by atoms with Gasteiger partial charge in [-0.25, -0.2) is 4.98 Å². The summed E-state index contributed by atoms with van der Waals surface area (Å²) in [5.41, 5.74) is 6.70. The fourth-order valence-corrected chi connectivity index (χ4v) is 4.11. The molecular formula is C28H19F2N3O. The van der Waals surface area contributed by atoms with Crippen LogP contribution in [0.4, 0.5) is 8.78 Å². The molecule has 5 rings (SSSR count). The van der Waals surface area contributed by atoms with Crippen LogP contribution < -0.4 is 4.74 Å². The molecule has 0 aliphatic rings. The van der Waals surface area contributed by atoms with Gasteiger partial charge in [-0.2, -0.15) is 14.0 Å². The minimum Gasteiger partial charge on any atom is -0.434 e. The van der Waals surface area contributed by atoms with Crippen molar-refractivity contribution < 1.29 is 13.5 Å². The van der Waals surface area contributed by atoms with Crippen LogP contribution in [-0.4, -0.2) is 16.0 Å². The number of alkyl halides is 2. The Morgan fingerprint density at radius 1 is 0.941 bits per heavy atom. The van der Waals surface area contributed by atoms with Crippen molar-refractivity contribution in [2.24, 2.45) is 0 Å². The lowest BCUT2D eigenvalue weighted by Crippen LogP contribution is -2.03. The van der Waals surface area contributed by atoms with Crippen LogP contribution in [-0.2, 0) is 0 Å². The first-order chi connectivity index (χ1) is 16.5. The van der Waals surface area contributed by atoms with E-state index >= 15 is 0 Å². The molecule has 166 valence electrons. The summed E-state index contributed by atoms with van der Waals surface area (Å²) in [7, 11) is 0. The molecule has 2 heterocycles. The van der Waals surface area contributed by atoms with Crippen molar-refractivity contribution in [3.63, 3.8) is 0 Å². The van der Waals surface area contributed by atoms with Gasteiger partial charge >= 0.3 is 6.61 Å². The van der Waals surface area contributed by atoms with E-state index < -0.39 is 6.61 Å². The molecule has 3 aromatic carbocycles. The lowest BCUT2D eigenvalue weighted by molar-refractivity contribution is -0.0499. The van der Waals surface area contributed by atoms with E-state index in [-0.39, 0.29) is 5.75 Å². The van der Waals surface area contributed by atoms with Crippen LogP contribution >= 0.6 is 0 Å². The molecule has 0 fully saturated rings. The second-order valence-electron chi connectivity index (χ2n) is 7.85. The molecule has 0 unspecified atom stereocenters. The van der Waals surface area contributed by atoms with Gasteiger partial charge in [-0.15, -0.1) is 0 Å². The van der Waals surface area contributed by atoms with Crippen molar-refractivity contribution in [2.45, 2.75) is 13.5 Å². The van der Waals surface area contributed by atoms with E-state index in [4.69, 9.17) is 4.98 Å². The van der Waals surface area contributed by atoms with Crippen LogP contribution in [0.3, 0.4) is 0 Å². The van der Waals surface area contributed by atoms with Gasteiger partial charge in [0.15, 0.2) is 5.65 Å². The van der Waals surface area contributed by atoms with Crippen molar-refractivity contribution in [2.75, 3.05) is 0 Å². The molecule has 0 N–H and O–H groups in total. The number of aryl methyl sites for hydroxylation is 1. The topological polar surface area (TPSA) is 50.3 Å². The fraction of sp³-hybridized carbons (Fsp3) is 0.0714. The van der Waals surface area contributed by atoms with Crippen molar-refractivity contribution in [3.05, 3.63) is 101 Å². The van der Waals surface area contributed by atoms with E-state index in [9.17, 15) is 14.0 Å². The number of nitriles is 1. The maximum atomic E-state index is 12.8. The molecule has 34 heavy (non-hydrogen) atoms. The molecule has 0 aliphatic heterocycles. The van der Waals surface area contributed by atoms with E-state index in [1.165, 1.54) is 6.07 Å². The Morgan fingerprint density at radius 2 is 1.71 bits per heavy atom. The molecule has 0 bridgehead atoms. The van der Waals surface area contributed by atoms with Gasteiger partial charge in [0.05, 0.1) is 16.7 Å². The number of halogens is 2. The summed E-state index contributed by atoms with van der Waals surface area (Å²) in [6.07, 6.45) is 3.41. The minimum absolute atomic E-state index is 0.0683. The number of nitrogens with zero attached hydrogens (tertiary/aromatic N) is 3. The van der Waals surface area contributed by atoms with Crippen molar-refractivity contribution >= 4 is 28.8 Å². The molecule has 0 atom stereocenters. The summed E-state index contributed by atoms with van der Waals surface area (Å²) in [4.78, 5) is 4.75. The predicted octanol–water partition coefficient (Wildman–Crippen LogP) is 7.11. The normalized spacial score (nSPS) is 11.5. The first-order valence-electron chi connectivity index (χ1n) is 10.7. The second kappa shape index (κ2) is 8.80. The van der Waals surface area contributed by atoms with E-state index in [1.807, 2.05) is 59.9 Å². The van der Waals surface area contributed by atoms with Crippen molar-refractivity contribution in [1.29, 1.82) is 5.26 Å². The SMILES string of the molecule is Cc1cccc(-c2cc(C=Cc3ccccc3OC(F)F)c(C#N)c3nc4ccccc4n23)c1. The third kappa shape index (κ3) is 3.89. The molecule has 0 saturated carbocycles.